The first kappa shape index (κ1) is 23.1. The van der Waals surface area contributed by atoms with Gasteiger partial charge >= 0.3 is 0 Å². The molecule has 4 aromatic rings. The Morgan fingerprint density at radius 3 is 2.57 bits per heavy atom. The van der Waals surface area contributed by atoms with Crippen LogP contribution in [-0.2, 0) is 17.8 Å². The van der Waals surface area contributed by atoms with Gasteiger partial charge in [0.15, 0.2) is 0 Å². The molecule has 1 N–H and O–H groups in total. The van der Waals surface area contributed by atoms with Crippen LogP contribution in [0.1, 0.15) is 36.2 Å². The van der Waals surface area contributed by atoms with Crippen LogP contribution in [0.2, 0.25) is 0 Å². The molecule has 0 spiro atoms. The maximum atomic E-state index is 13.0. The first-order chi connectivity index (χ1) is 17.0. The van der Waals surface area contributed by atoms with Crippen LogP contribution in [0, 0.1) is 6.92 Å². The molecule has 6 heteroatoms. The van der Waals surface area contributed by atoms with Crippen molar-refractivity contribution in [3.8, 4) is 5.75 Å². The summed E-state index contributed by atoms with van der Waals surface area (Å²) in [6, 6.07) is 23.9. The normalized spacial score (nSPS) is 16.7. The highest BCUT2D eigenvalue weighted by molar-refractivity contribution is 5.96. The van der Waals surface area contributed by atoms with Gasteiger partial charge in [-0.05, 0) is 54.8 Å². The lowest BCUT2D eigenvalue weighted by molar-refractivity contribution is -0.117. The molecule has 0 saturated carbocycles. The zero-order valence-corrected chi connectivity index (χ0v) is 20.2. The molecule has 35 heavy (non-hydrogen) atoms. The van der Waals surface area contributed by atoms with Gasteiger partial charge in [-0.2, -0.15) is 0 Å². The highest BCUT2D eigenvalue weighted by Crippen LogP contribution is 2.33. The Kier molecular flexibility index (Phi) is 6.55. The van der Waals surface area contributed by atoms with E-state index >= 15 is 0 Å². The van der Waals surface area contributed by atoms with Crippen molar-refractivity contribution in [2.24, 2.45) is 0 Å². The molecule has 1 aliphatic heterocycles. The molecule has 6 nitrogen and oxygen atoms in total. The number of imidazole rings is 1. The van der Waals surface area contributed by atoms with Crippen LogP contribution in [0.25, 0.3) is 11.0 Å². The van der Waals surface area contributed by atoms with Gasteiger partial charge in [-0.25, -0.2) is 4.98 Å². The Bertz CT molecular complexity index is 1330. The van der Waals surface area contributed by atoms with Gasteiger partial charge in [0.2, 0.25) is 5.91 Å². The number of para-hydroxylation sites is 3. The van der Waals surface area contributed by atoms with E-state index in [1.165, 1.54) is 5.56 Å². The average molecular weight is 470 g/mol. The number of ether oxygens (including phenoxy) is 1. The molecule has 5 rings (SSSR count). The van der Waals surface area contributed by atoms with Crippen molar-refractivity contribution < 1.29 is 14.6 Å². The summed E-state index contributed by atoms with van der Waals surface area (Å²) in [5, 5.41) is 10.9. The number of amides is 1. The Morgan fingerprint density at radius 2 is 1.80 bits per heavy atom. The molecule has 0 unspecified atom stereocenters. The number of carbonyl (C=O) groups is 1. The number of aromatic nitrogens is 2. The molecule has 0 aliphatic carbocycles. The van der Waals surface area contributed by atoms with Crippen LogP contribution in [0.15, 0.2) is 72.8 Å². The minimum Gasteiger partial charge on any atom is -0.491 e. The van der Waals surface area contributed by atoms with Crippen LogP contribution in [0.5, 0.6) is 5.75 Å². The Labute approximate surface area is 205 Å². The van der Waals surface area contributed by atoms with Crippen molar-refractivity contribution >= 4 is 22.6 Å². The molecule has 1 saturated heterocycles. The Hall–Kier alpha value is -3.64. The second kappa shape index (κ2) is 9.92. The largest absolute Gasteiger partial charge is 0.491 e. The van der Waals surface area contributed by atoms with E-state index in [2.05, 4.69) is 23.6 Å². The molecule has 2 atom stereocenters. The summed E-state index contributed by atoms with van der Waals surface area (Å²) in [5.74, 6) is 1.65. The Morgan fingerprint density at radius 1 is 1.06 bits per heavy atom. The lowest BCUT2D eigenvalue weighted by atomic mass is 10.1. The number of carbonyl (C=O) groups excluding carboxylic acids is 1. The number of hydrogen-bond acceptors (Lipinski definition) is 4. The number of benzene rings is 3. The van der Waals surface area contributed by atoms with Crippen LogP contribution < -0.4 is 9.64 Å². The topological polar surface area (TPSA) is 67.6 Å². The van der Waals surface area contributed by atoms with Crippen molar-refractivity contribution in [2.45, 2.75) is 45.3 Å². The summed E-state index contributed by atoms with van der Waals surface area (Å²) in [7, 11) is 0. The van der Waals surface area contributed by atoms with E-state index in [1.54, 1.807) is 0 Å². The van der Waals surface area contributed by atoms with Crippen LogP contribution >= 0.6 is 0 Å². The highest BCUT2D eigenvalue weighted by atomic mass is 16.5. The van der Waals surface area contributed by atoms with Crippen LogP contribution in [0.4, 0.5) is 5.69 Å². The van der Waals surface area contributed by atoms with Crippen molar-refractivity contribution in [3.63, 3.8) is 0 Å². The summed E-state index contributed by atoms with van der Waals surface area (Å²) in [4.78, 5) is 19.7. The lowest BCUT2D eigenvalue weighted by Gasteiger charge is -2.19. The summed E-state index contributed by atoms with van der Waals surface area (Å²) < 4.78 is 7.95. The van der Waals surface area contributed by atoms with Gasteiger partial charge in [0.1, 0.15) is 24.3 Å². The second-order valence-corrected chi connectivity index (χ2v) is 9.23. The third kappa shape index (κ3) is 4.80. The summed E-state index contributed by atoms with van der Waals surface area (Å²) >= 11 is 0. The molecule has 180 valence electrons. The van der Waals surface area contributed by atoms with Gasteiger partial charge in [0, 0.05) is 24.6 Å². The number of aliphatic hydroxyl groups excluding tert-OH is 1. The Balaban J connectivity index is 1.37. The number of aryl methyl sites for hydroxylation is 2. The third-order valence-electron chi connectivity index (χ3n) is 6.75. The quantitative estimate of drug-likeness (QED) is 0.400. The molecular weight excluding hydrogens is 438 g/mol. The smallest absolute Gasteiger partial charge is 0.227 e. The van der Waals surface area contributed by atoms with Crippen molar-refractivity contribution in [2.75, 3.05) is 18.1 Å². The summed E-state index contributed by atoms with van der Waals surface area (Å²) in [5.41, 5.74) is 5.03. The predicted molar refractivity (Wildman–Crippen MR) is 138 cm³/mol. The monoisotopic (exact) mass is 469 g/mol. The second-order valence-electron chi connectivity index (χ2n) is 9.23. The molecule has 1 fully saturated rings. The van der Waals surface area contributed by atoms with E-state index in [-0.39, 0.29) is 18.4 Å². The summed E-state index contributed by atoms with van der Waals surface area (Å²) in [6.45, 7) is 5.20. The standard InChI is InChI=1S/C29H31N3O3/c1-3-21-12-14-23(15-13-21)31-17-22(16-28(31)34)29-30-25-9-5-6-10-26(25)32(29)18-24(33)19-35-27-11-7-4-8-20(27)2/h4-15,22,24,33H,3,16-19H2,1-2H3/t22-,24-/m0/s1. The molecule has 0 radical (unpaired) electrons. The number of fused-ring (bicyclic) bond motifs is 1. The molecular formula is C29H31N3O3. The zero-order chi connectivity index (χ0) is 24.4. The van der Waals surface area contributed by atoms with E-state index in [9.17, 15) is 9.90 Å². The maximum absolute atomic E-state index is 13.0. The minimum absolute atomic E-state index is 0.0507. The van der Waals surface area contributed by atoms with Gasteiger partial charge in [-0.1, -0.05) is 49.4 Å². The van der Waals surface area contributed by atoms with Crippen molar-refractivity contribution in [1.82, 2.24) is 9.55 Å². The number of nitrogens with zero attached hydrogens (tertiary/aromatic N) is 3. The first-order valence-corrected chi connectivity index (χ1v) is 12.2. The average Bonchev–Trinajstić information content (AvgIpc) is 3.44. The van der Waals surface area contributed by atoms with E-state index in [0.29, 0.717) is 19.5 Å². The number of aliphatic hydroxyl groups is 1. The van der Waals surface area contributed by atoms with E-state index < -0.39 is 6.10 Å². The van der Waals surface area contributed by atoms with Gasteiger partial charge in [0.05, 0.1) is 17.6 Å². The molecule has 1 aliphatic rings. The molecule has 0 bridgehead atoms. The van der Waals surface area contributed by atoms with Gasteiger partial charge in [-0.15, -0.1) is 0 Å². The number of hydrogen-bond donors (Lipinski definition) is 1. The fourth-order valence-corrected chi connectivity index (χ4v) is 4.81. The highest BCUT2D eigenvalue weighted by Gasteiger charge is 2.35. The zero-order valence-electron chi connectivity index (χ0n) is 20.2. The fraction of sp³-hybridized carbons (Fsp3) is 0.310. The van der Waals surface area contributed by atoms with Crippen LogP contribution in [-0.4, -0.2) is 39.8 Å². The SMILES string of the molecule is CCc1ccc(N2C[C@@H](c3nc4ccccc4n3C[C@H](O)COc3ccccc3C)CC2=O)cc1. The number of anilines is 1. The van der Waals surface area contributed by atoms with Crippen molar-refractivity contribution in [1.29, 1.82) is 0 Å². The van der Waals surface area contributed by atoms with E-state index in [0.717, 1.165) is 40.3 Å². The summed E-state index contributed by atoms with van der Waals surface area (Å²) in [6.07, 6.45) is 0.645. The maximum Gasteiger partial charge on any atom is 0.227 e. The third-order valence-corrected chi connectivity index (χ3v) is 6.75. The van der Waals surface area contributed by atoms with E-state index in [4.69, 9.17) is 9.72 Å². The number of rotatable bonds is 8. The predicted octanol–water partition coefficient (Wildman–Crippen LogP) is 4.87. The van der Waals surface area contributed by atoms with Gasteiger partial charge in [-0.3, -0.25) is 4.79 Å². The first-order valence-electron chi connectivity index (χ1n) is 12.2. The molecule has 3 aromatic carbocycles. The molecule has 2 heterocycles. The molecule has 1 aromatic heterocycles. The minimum atomic E-state index is -0.722. The van der Waals surface area contributed by atoms with Gasteiger partial charge in [0.25, 0.3) is 0 Å². The van der Waals surface area contributed by atoms with E-state index in [1.807, 2.05) is 72.5 Å². The van der Waals surface area contributed by atoms with Crippen molar-refractivity contribution in [3.05, 3.63) is 89.7 Å². The fourth-order valence-electron chi connectivity index (χ4n) is 4.81. The van der Waals surface area contributed by atoms with Crippen LogP contribution in [0.3, 0.4) is 0 Å². The van der Waals surface area contributed by atoms with Gasteiger partial charge < -0.3 is 19.3 Å². The molecule has 1 amide bonds. The lowest BCUT2D eigenvalue weighted by Crippen LogP contribution is -2.26.